The van der Waals surface area contributed by atoms with E-state index in [-0.39, 0.29) is 5.91 Å². The molecule has 0 aliphatic rings. The summed E-state index contributed by atoms with van der Waals surface area (Å²) in [5.74, 6) is 0.0907. The molecule has 96 valence electrons. The van der Waals surface area contributed by atoms with E-state index < -0.39 is 0 Å². The fourth-order valence-corrected chi connectivity index (χ4v) is 2.16. The highest BCUT2D eigenvalue weighted by Gasteiger charge is 2.08. The van der Waals surface area contributed by atoms with Crippen molar-refractivity contribution in [2.24, 2.45) is 0 Å². The third-order valence-electron chi connectivity index (χ3n) is 3.17. The summed E-state index contributed by atoms with van der Waals surface area (Å²) in [6, 6.07) is 10.3. The number of amides is 1. The number of rotatable bonds is 5. The molecule has 1 N–H and O–H groups in total. The van der Waals surface area contributed by atoms with E-state index in [0.29, 0.717) is 6.54 Å². The third kappa shape index (κ3) is 2.73. The number of aryl methyl sites for hydroxylation is 1. The van der Waals surface area contributed by atoms with Crippen molar-refractivity contribution in [2.45, 2.75) is 33.2 Å². The maximum absolute atomic E-state index is 11.8. The molecule has 3 nitrogen and oxygen atoms in total. The molecule has 0 spiro atoms. The normalized spacial score (nSPS) is 10.8. The molecule has 2 rings (SSSR count). The van der Waals surface area contributed by atoms with Gasteiger partial charge in [0.05, 0.1) is 0 Å². The quantitative estimate of drug-likeness (QED) is 0.806. The van der Waals surface area contributed by atoms with Crippen LogP contribution in [0.2, 0.25) is 0 Å². The number of unbranched alkanes of at least 4 members (excludes halogenated alkanes) is 1. The SMILES string of the molecule is CCCCNC(=O)Cn1c(C)cc2ccccc21. The molecule has 0 unspecified atom stereocenters. The number of carbonyl (C=O) groups is 1. The van der Waals surface area contributed by atoms with Crippen molar-refractivity contribution in [1.82, 2.24) is 9.88 Å². The first-order valence-corrected chi connectivity index (χ1v) is 6.54. The maximum atomic E-state index is 11.8. The first-order valence-electron chi connectivity index (χ1n) is 6.54. The summed E-state index contributed by atoms with van der Waals surface area (Å²) in [5.41, 5.74) is 2.25. The summed E-state index contributed by atoms with van der Waals surface area (Å²) in [6.07, 6.45) is 2.14. The molecule has 0 aliphatic carbocycles. The van der Waals surface area contributed by atoms with Crippen LogP contribution in [0.3, 0.4) is 0 Å². The lowest BCUT2D eigenvalue weighted by Crippen LogP contribution is -2.28. The lowest BCUT2D eigenvalue weighted by Gasteiger charge is -2.09. The fourth-order valence-electron chi connectivity index (χ4n) is 2.16. The van der Waals surface area contributed by atoms with Crippen LogP contribution < -0.4 is 5.32 Å². The first kappa shape index (κ1) is 12.7. The van der Waals surface area contributed by atoms with Crippen molar-refractivity contribution in [1.29, 1.82) is 0 Å². The fraction of sp³-hybridized carbons (Fsp3) is 0.400. The minimum atomic E-state index is 0.0907. The second kappa shape index (κ2) is 5.71. The number of hydrogen-bond donors (Lipinski definition) is 1. The zero-order chi connectivity index (χ0) is 13.0. The molecule has 1 amide bonds. The molecule has 2 aromatic rings. The number of para-hydroxylation sites is 1. The smallest absolute Gasteiger partial charge is 0.239 e. The minimum absolute atomic E-state index is 0.0907. The lowest BCUT2D eigenvalue weighted by molar-refractivity contribution is -0.121. The molecule has 1 aromatic carbocycles. The van der Waals surface area contributed by atoms with Crippen LogP contribution in [0.15, 0.2) is 30.3 Å². The van der Waals surface area contributed by atoms with Crippen LogP contribution in [0.4, 0.5) is 0 Å². The topological polar surface area (TPSA) is 34.0 Å². The Morgan fingerprint density at radius 2 is 2.11 bits per heavy atom. The number of aromatic nitrogens is 1. The van der Waals surface area contributed by atoms with Gasteiger partial charge in [0.25, 0.3) is 0 Å². The Kier molecular flexibility index (Phi) is 4.03. The van der Waals surface area contributed by atoms with Crippen molar-refractivity contribution in [2.75, 3.05) is 6.54 Å². The Morgan fingerprint density at radius 1 is 1.33 bits per heavy atom. The zero-order valence-corrected chi connectivity index (χ0v) is 11.1. The highest BCUT2D eigenvalue weighted by Crippen LogP contribution is 2.18. The van der Waals surface area contributed by atoms with Crippen LogP contribution in [0.5, 0.6) is 0 Å². The molecule has 0 saturated carbocycles. The molecule has 0 radical (unpaired) electrons. The second-order valence-corrected chi connectivity index (χ2v) is 4.63. The molecule has 0 bridgehead atoms. The predicted octanol–water partition coefficient (Wildman–Crippen LogP) is 2.87. The number of fused-ring (bicyclic) bond motifs is 1. The van der Waals surface area contributed by atoms with Gasteiger partial charge in [-0.25, -0.2) is 0 Å². The Labute approximate surface area is 108 Å². The molecular weight excluding hydrogens is 224 g/mol. The Morgan fingerprint density at radius 3 is 2.89 bits per heavy atom. The number of nitrogens with zero attached hydrogens (tertiary/aromatic N) is 1. The average Bonchev–Trinajstić information content (AvgIpc) is 2.67. The number of nitrogens with one attached hydrogen (secondary N) is 1. The zero-order valence-electron chi connectivity index (χ0n) is 11.1. The van der Waals surface area contributed by atoms with E-state index in [1.165, 1.54) is 5.39 Å². The number of benzene rings is 1. The number of hydrogen-bond acceptors (Lipinski definition) is 1. The maximum Gasteiger partial charge on any atom is 0.239 e. The van der Waals surface area contributed by atoms with E-state index in [9.17, 15) is 4.79 Å². The van der Waals surface area contributed by atoms with Crippen LogP contribution in [-0.2, 0) is 11.3 Å². The Bertz CT molecular complexity index is 542. The van der Waals surface area contributed by atoms with Crippen LogP contribution in [0.25, 0.3) is 10.9 Å². The molecular formula is C15H20N2O. The molecule has 1 heterocycles. The van der Waals surface area contributed by atoms with Crippen molar-refractivity contribution in [3.8, 4) is 0 Å². The first-order chi connectivity index (χ1) is 8.72. The number of carbonyl (C=O) groups excluding carboxylic acids is 1. The standard InChI is InChI=1S/C15H20N2O/c1-3-4-9-16-15(18)11-17-12(2)10-13-7-5-6-8-14(13)17/h5-8,10H,3-4,9,11H2,1-2H3,(H,16,18). The van der Waals surface area contributed by atoms with Gasteiger partial charge in [0.2, 0.25) is 5.91 Å². The largest absolute Gasteiger partial charge is 0.355 e. The van der Waals surface area contributed by atoms with Crippen molar-refractivity contribution >= 4 is 16.8 Å². The summed E-state index contributed by atoms with van der Waals surface area (Å²) >= 11 is 0. The molecule has 1 aromatic heterocycles. The van der Waals surface area contributed by atoms with Crippen molar-refractivity contribution in [3.63, 3.8) is 0 Å². The molecule has 18 heavy (non-hydrogen) atoms. The van der Waals surface area contributed by atoms with Crippen LogP contribution in [0.1, 0.15) is 25.5 Å². The highest BCUT2D eigenvalue weighted by atomic mass is 16.1. The van der Waals surface area contributed by atoms with Gasteiger partial charge >= 0.3 is 0 Å². The van der Waals surface area contributed by atoms with Crippen LogP contribution in [0, 0.1) is 6.92 Å². The summed E-state index contributed by atoms with van der Waals surface area (Å²) in [6.45, 7) is 5.34. The van der Waals surface area contributed by atoms with E-state index >= 15 is 0 Å². The van der Waals surface area contributed by atoms with Gasteiger partial charge in [0.1, 0.15) is 6.54 Å². The molecule has 3 heteroatoms. The van der Waals surface area contributed by atoms with E-state index in [1.807, 2.05) is 19.1 Å². The van der Waals surface area contributed by atoms with Gasteiger partial charge in [-0.1, -0.05) is 31.5 Å². The molecule has 0 atom stereocenters. The van der Waals surface area contributed by atoms with Gasteiger partial charge in [-0.15, -0.1) is 0 Å². The molecule has 0 fully saturated rings. The Balaban J connectivity index is 2.11. The molecule has 0 saturated heterocycles. The summed E-state index contributed by atoms with van der Waals surface area (Å²) in [5, 5.41) is 4.15. The van der Waals surface area contributed by atoms with Gasteiger partial charge in [-0.05, 0) is 30.9 Å². The summed E-state index contributed by atoms with van der Waals surface area (Å²) < 4.78 is 2.07. The second-order valence-electron chi connectivity index (χ2n) is 4.63. The average molecular weight is 244 g/mol. The van der Waals surface area contributed by atoms with Gasteiger partial charge < -0.3 is 9.88 Å². The highest BCUT2D eigenvalue weighted by molar-refractivity contribution is 5.84. The van der Waals surface area contributed by atoms with Crippen LogP contribution >= 0.6 is 0 Å². The monoisotopic (exact) mass is 244 g/mol. The van der Waals surface area contributed by atoms with Gasteiger partial charge in [0.15, 0.2) is 0 Å². The minimum Gasteiger partial charge on any atom is -0.355 e. The predicted molar refractivity (Wildman–Crippen MR) is 74.6 cm³/mol. The van der Waals surface area contributed by atoms with Crippen molar-refractivity contribution < 1.29 is 4.79 Å². The Hall–Kier alpha value is -1.77. The van der Waals surface area contributed by atoms with Gasteiger partial charge in [-0.3, -0.25) is 4.79 Å². The van der Waals surface area contributed by atoms with Crippen molar-refractivity contribution in [3.05, 3.63) is 36.0 Å². The third-order valence-corrected chi connectivity index (χ3v) is 3.17. The van der Waals surface area contributed by atoms with E-state index in [0.717, 1.165) is 30.6 Å². The van der Waals surface area contributed by atoms with Gasteiger partial charge in [0, 0.05) is 17.8 Å². The molecule has 0 aliphatic heterocycles. The van der Waals surface area contributed by atoms with E-state index in [1.54, 1.807) is 0 Å². The lowest BCUT2D eigenvalue weighted by atomic mass is 10.2. The van der Waals surface area contributed by atoms with E-state index in [2.05, 4.69) is 35.0 Å². The van der Waals surface area contributed by atoms with Gasteiger partial charge in [-0.2, -0.15) is 0 Å². The van der Waals surface area contributed by atoms with E-state index in [4.69, 9.17) is 0 Å². The summed E-state index contributed by atoms with van der Waals surface area (Å²) in [4.78, 5) is 11.8. The summed E-state index contributed by atoms with van der Waals surface area (Å²) in [7, 11) is 0. The van der Waals surface area contributed by atoms with Crippen LogP contribution in [-0.4, -0.2) is 17.0 Å².